The van der Waals surface area contributed by atoms with E-state index in [1.54, 1.807) is 5.48 Å². The Hall–Kier alpha value is -0.484. The van der Waals surface area contributed by atoms with Gasteiger partial charge in [-0.3, -0.25) is 25.2 Å². The molecule has 0 radical (unpaired) electrons. The third kappa shape index (κ3) is 2.84. The summed E-state index contributed by atoms with van der Waals surface area (Å²) < 4.78 is 0. The van der Waals surface area contributed by atoms with Crippen molar-refractivity contribution in [3.8, 4) is 0 Å². The zero-order valence-corrected chi connectivity index (χ0v) is 12.6. The van der Waals surface area contributed by atoms with Gasteiger partial charge in [0.2, 0.25) is 6.04 Å². The minimum absolute atomic E-state index is 0. The standard InChI is InChI=1S/C6H6N5O7.K/c12-7-4-2(9(13)14)1-3(10(15)16)5-6(4)11(17)18-8-5;/h1,3-4,7,11-12H;/q-1;+1. The second-order valence-corrected chi connectivity index (χ2v) is 3.41. The Bertz CT molecular complexity index is 479. The number of rotatable bonds is 3. The number of nitrogens with zero attached hydrogens (tertiary/aromatic N) is 3. The first-order valence-corrected chi connectivity index (χ1v) is 4.53. The van der Waals surface area contributed by atoms with E-state index in [4.69, 9.17) is 5.21 Å². The number of hydroxylamine groups is 4. The molecule has 0 spiro atoms. The van der Waals surface area contributed by atoms with Crippen molar-refractivity contribution in [2.24, 2.45) is 0 Å². The van der Waals surface area contributed by atoms with Gasteiger partial charge in [-0.25, -0.2) is 5.23 Å². The normalized spacial score (nSPS) is 28.9. The molecule has 0 aromatic rings. The maximum Gasteiger partial charge on any atom is 1.00 e. The zero-order chi connectivity index (χ0) is 13.4. The molecular formula is C6H6KN5O7. The Labute approximate surface area is 147 Å². The van der Waals surface area contributed by atoms with Gasteiger partial charge in [-0.15, -0.1) is 0 Å². The van der Waals surface area contributed by atoms with E-state index in [-0.39, 0.29) is 57.1 Å². The average molecular weight is 299 g/mol. The van der Waals surface area contributed by atoms with Crippen LogP contribution in [-0.2, 0) is 4.94 Å². The van der Waals surface area contributed by atoms with Gasteiger partial charge in [0.05, 0.1) is 11.0 Å². The van der Waals surface area contributed by atoms with E-state index in [0.717, 1.165) is 0 Å². The minimum Gasteiger partial charge on any atom is -0.596 e. The van der Waals surface area contributed by atoms with Crippen LogP contribution >= 0.6 is 0 Å². The van der Waals surface area contributed by atoms with Gasteiger partial charge in [0.25, 0.3) is 5.70 Å². The summed E-state index contributed by atoms with van der Waals surface area (Å²) in [5.41, 5.74) is 3.24. The molecule has 3 unspecified atom stereocenters. The van der Waals surface area contributed by atoms with Crippen molar-refractivity contribution in [3.05, 3.63) is 54.1 Å². The number of nitrogens with one attached hydrogen (secondary N) is 2. The van der Waals surface area contributed by atoms with Crippen molar-refractivity contribution in [2.75, 3.05) is 0 Å². The van der Waals surface area contributed by atoms with Crippen LogP contribution in [0.4, 0.5) is 0 Å². The molecule has 19 heavy (non-hydrogen) atoms. The molecule has 1 heterocycles. The molecule has 0 saturated carbocycles. The van der Waals surface area contributed by atoms with Crippen LogP contribution in [0, 0.1) is 25.4 Å². The summed E-state index contributed by atoms with van der Waals surface area (Å²) in [6.07, 6.45) is 0.693. The van der Waals surface area contributed by atoms with Gasteiger partial charge in [-0.1, -0.05) is 0 Å². The molecule has 98 valence electrons. The Balaban J connectivity index is 0.00000180. The van der Waals surface area contributed by atoms with Crippen molar-refractivity contribution >= 4 is 0 Å². The van der Waals surface area contributed by atoms with E-state index in [0.29, 0.717) is 6.08 Å². The second kappa shape index (κ2) is 6.31. The zero-order valence-electron chi connectivity index (χ0n) is 9.47. The van der Waals surface area contributed by atoms with Gasteiger partial charge in [0.15, 0.2) is 11.7 Å². The SMILES string of the molecule is O=[N+]([O-])C1=CC([N+](=O)[O-])C2=C(C1NO)[NH+]([O-])O[N-]2.[K+]. The number of quaternary nitrogens is 1. The monoisotopic (exact) mass is 299 g/mol. The summed E-state index contributed by atoms with van der Waals surface area (Å²) in [5, 5.41) is 40.6. The third-order valence-corrected chi connectivity index (χ3v) is 2.48. The number of nitro groups is 2. The van der Waals surface area contributed by atoms with Crippen molar-refractivity contribution in [1.82, 2.24) is 5.48 Å². The molecule has 2 aliphatic rings. The molecule has 0 aromatic heterocycles. The molecule has 0 fully saturated rings. The minimum atomic E-state index is -1.66. The molecule has 3 N–H and O–H groups in total. The van der Waals surface area contributed by atoms with Crippen molar-refractivity contribution in [3.63, 3.8) is 0 Å². The molecule has 1 aliphatic heterocycles. The van der Waals surface area contributed by atoms with Crippen molar-refractivity contribution < 1.29 is 76.6 Å². The first-order valence-electron chi connectivity index (χ1n) is 4.53. The van der Waals surface area contributed by atoms with E-state index in [1.807, 2.05) is 0 Å². The second-order valence-electron chi connectivity index (χ2n) is 3.41. The molecule has 3 atom stereocenters. The molecule has 12 nitrogen and oxygen atoms in total. The van der Waals surface area contributed by atoms with Gasteiger partial charge in [-0.2, -0.15) is 5.48 Å². The van der Waals surface area contributed by atoms with Crippen LogP contribution in [0.1, 0.15) is 0 Å². The first kappa shape index (κ1) is 16.6. The molecule has 0 amide bonds. The molecule has 2 rings (SSSR count). The fourth-order valence-corrected chi connectivity index (χ4v) is 1.72. The Morgan fingerprint density at radius 2 is 2.11 bits per heavy atom. The van der Waals surface area contributed by atoms with Crippen LogP contribution in [-0.4, -0.2) is 27.1 Å². The Morgan fingerprint density at radius 3 is 2.58 bits per heavy atom. The largest absolute Gasteiger partial charge is 1.00 e. The summed E-state index contributed by atoms with van der Waals surface area (Å²) in [6.45, 7) is 0. The topological polar surface area (TPSA) is 169 Å². The molecular weight excluding hydrogens is 293 g/mol. The van der Waals surface area contributed by atoms with Crippen LogP contribution < -0.4 is 62.1 Å². The summed E-state index contributed by atoms with van der Waals surface area (Å²) >= 11 is 0. The van der Waals surface area contributed by atoms with Crippen molar-refractivity contribution in [2.45, 2.75) is 12.1 Å². The Morgan fingerprint density at radius 1 is 1.47 bits per heavy atom. The van der Waals surface area contributed by atoms with Crippen LogP contribution in [0.2, 0.25) is 0 Å². The summed E-state index contributed by atoms with van der Waals surface area (Å²) in [4.78, 5) is 24.0. The average Bonchev–Trinajstić information content (AvgIpc) is 2.69. The van der Waals surface area contributed by atoms with Gasteiger partial charge in [-0.05, 0) is 0 Å². The number of hydrogen-bond acceptors (Lipinski definition) is 8. The first-order chi connectivity index (χ1) is 8.47. The third-order valence-electron chi connectivity index (χ3n) is 2.48. The predicted molar refractivity (Wildman–Crippen MR) is 50.4 cm³/mol. The van der Waals surface area contributed by atoms with Gasteiger partial charge < -0.3 is 15.9 Å². The maximum atomic E-state index is 11.3. The summed E-state index contributed by atoms with van der Waals surface area (Å²) in [6, 6.07) is -3.17. The van der Waals surface area contributed by atoms with Crippen LogP contribution in [0.3, 0.4) is 0 Å². The molecule has 13 heteroatoms. The fourth-order valence-electron chi connectivity index (χ4n) is 1.72. The molecule has 1 aliphatic carbocycles. The predicted octanol–water partition coefficient (Wildman–Crippen LogP) is -5.01. The van der Waals surface area contributed by atoms with Crippen LogP contribution in [0.25, 0.3) is 5.48 Å². The van der Waals surface area contributed by atoms with Crippen molar-refractivity contribution in [1.29, 1.82) is 0 Å². The van der Waals surface area contributed by atoms with E-state index in [9.17, 15) is 25.4 Å². The maximum absolute atomic E-state index is 11.3. The summed E-state index contributed by atoms with van der Waals surface area (Å²) in [7, 11) is 0. The van der Waals surface area contributed by atoms with E-state index in [1.165, 1.54) is 0 Å². The smallest absolute Gasteiger partial charge is 0.596 e. The quantitative estimate of drug-likeness (QED) is 0.201. The Kier molecular flexibility index (Phi) is 5.50. The number of hydrogen-bond donors (Lipinski definition) is 3. The molecule has 0 bridgehead atoms. The fraction of sp³-hybridized carbons (Fsp3) is 0.333. The van der Waals surface area contributed by atoms with Crippen LogP contribution in [0.5, 0.6) is 0 Å². The van der Waals surface area contributed by atoms with E-state index >= 15 is 0 Å². The van der Waals surface area contributed by atoms with Crippen LogP contribution in [0.15, 0.2) is 23.2 Å². The van der Waals surface area contributed by atoms with Gasteiger partial charge in [0.1, 0.15) is 0 Å². The van der Waals surface area contributed by atoms with Gasteiger partial charge >= 0.3 is 51.4 Å². The molecule has 0 aromatic carbocycles. The van der Waals surface area contributed by atoms with E-state index < -0.39 is 38.6 Å². The molecule has 0 saturated heterocycles. The van der Waals surface area contributed by atoms with E-state index in [2.05, 4.69) is 10.4 Å². The summed E-state index contributed by atoms with van der Waals surface area (Å²) in [5.74, 6) is 0. The van der Waals surface area contributed by atoms with Gasteiger partial charge in [0, 0.05) is 10.6 Å².